The van der Waals surface area contributed by atoms with Gasteiger partial charge >= 0.3 is 6.18 Å². The summed E-state index contributed by atoms with van der Waals surface area (Å²) in [7, 11) is -3.29. The first-order valence-corrected chi connectivity index (χ1v) is 12.7. The van der Waals surface area contributed by atoms with Gasteiger partial charge in [-0.25, -0.2) is 32.7 Å². The minimum Gasteiger partial charge on any atom is -0.351 e. The SMILES string of the molecule is CCS(=O)(=O)N1CCC(Nc2ncc(C(F)(F)F)c(-c3cn(-c4ccc(C#N)nc4C)cn3)n2)CC1. The summed E-state index contributed by atoms with van der Waals surface area (Å²) in [5.41, 5.74) is -0.139. The lowest BCUT2D eigenvalue weighted by Gasteiger charge is -2.31. The molecule has 0 unspecified atom stereocenters. The van der Waals surface area contributed by atoms with Crippen LogP contribution in [0.5, 0.6) is 0 Å². The molecule has 0 aliphatic carbocycles. The Hall–Kier alpha value is -3.57. The number of nitrogens with zero attached hydrogens (tertiary/aromatic N) is 7. The topological polar surface area (TPSA) is 130 Å². The Morgan fingerprint density at radius 3 is 2.53 bits per heavy atom. The molecule has 1 aliphatic rings. The molecule has 0 bridgehead atoms. The fraction of sp³-hybridized carbons (Fsp3) is 0.409. The van der Waals surface area contributed by atoms with Gasteiger partial charge < -0.3 is 9.88 Å². The van der Waals surface area contributed by atoms with Crippen LogP contribution in [0.15, 0.2) is 30.9 Å². The van der Waals surface area contributed by atoms with Crippen molar-refractivity contribution in [1.29, 1.82) is 5.26 Å². The Labute approximate surface area is 205 Å². The minimum atomic E-state index is -4.70. The number of halogens is 3. The summed E-state index contributed by atoms with van der Waals surface area (Å²) in [6.45, 7) is 3.88. The fourth-order valence-electron chi connectivity index (χ4n) is 3.96. The molecular weight excluding hydrogens is 497 g/mol. The standard InChI is InChI=1S/C22H23F3N8O2S/c1-3-36(34,35)33-8-6-15(7-9-33)30-21-27-11-17(22(23,24)25)20(31-21)18-12-32(13-28-18)19-5-4-16(10-26)29-14(19)2/h4-5,11-13,15H,3,6-9H2,1-2H3,(H,27,30,31). The van der Waals surface area contributed by atoms with E-state index in [-0.39, 0.29) is 34.8 Å². The molecule has 4 heterocycles. The minimum absolute atomic E-state index is 0.000527. The summed E-state index contributed by atoms with van der Waals surface area (Å²) in [4.78, 5) is 16.3. The second-order valence-electron chi connectivity index (χ2n) is 8.25. The fourth-order valence-corrected chi connectivity index (χ4v) is 5.10. The Kier molecular flexibility index (Phi) is 6.96. The lowest BCUT2D eigenvalue weighted by atomic mass is 10.1. The zero-order valence-corrected chi connectivity index (χ0v) is 20.3. The number of alkyl halides is 3. The van der Waals surface area contributed by atoms with Crippen LogP contribution >= 0.6 is 0 Å². The Bertz CT molecular complexity index is 1410. The quantitative estimate of drug-likeness (QED) is 0.525. The maximum absolute atomic E-state index is 13.8. The molecule has 4 rings (SSSR count). The Morgan fingerprint density at radius 2 is 1.92 bits per heavy atom. The molecule has 1 fully saturated rings. The molecule has 0 atom stereocenters. The van der Waals surface area contributed by atoms with Crippen LogP contribution < -0.4 is 5.32 Å². The third-order valence-corrected chi connectivity index (χ3v) is 7.80. The number of aromatic nitrogens is 5. The van der Waals surface area contributed by atoms with Gasteiger partial charge in [0, 0.05) is 31.5 Å². The zero-order valence-electron chi connectivity index (χ0n) is 19.5. The summed E-state index contributed by atoms with van der Waals surface area (Å²) in [5, 5.41) is 12.0. The van der Waals surface area contributed by atoms with Crippen LogP contribution in [-0.4, -0.2) is 62.1 Å². The third kappa shape index (κ3) is 5.31. The molecule has 14 heteroatoms. The van der Waals surface area contributed by atoms with Crippen LogP contribution in [0.1, 0.15) is 36.7 Å². The number of imidazole rings is 1. The number of rotatable bonds is 6. The third-order valence-electron chi connectivity index (χ3n) is 5.92. The summed E-state index contributed by atoms with van der Waals surface area (Å²) in [5.74, 6) is 0.0156. The lowest BCUT2D eigenvalue weighted by molar-refractivity contribution is -0.137. The smallest absolute Gasteiger partial charge is 0.351 e. The summed E-state index contributed by atoms with van der Waals surface area (Å²) in [6.07, 6.45) is -0.286. The Morgan fingerprint density at radius 1 is 1.19 bits per heavy atom. The van der Waals surface area contributed by atoms with E-state index in [9.17, 15) is 21.6 Å². The molecule has 1 aliphatic heterocycles. The predicted octanol–water partition coefficient (Wildman–Crippen LogP) is 3.15. The van der Waals surface area contributed by atoms with Gasteiger partial charge in [0.25, 0.3) is 0 Å². The summed E-state index contributed by atoms with van der Waals surface area (Å²) in [6, 6.07) is 4.89. The zero-order chi connectivity index (χ0) is 26.1. The van der Waals surface area contributed by atoms with Gasteiger partial charge in [-0.2, -0.15) is 18.4 Å². The van der Waals surface area contributed by atoms with Crippen molar-refractivity contribution in [2.24, 2.45) is 0 Å². The molecule has 0 amide bonds. The van der Waals surface area contributed by atoms with Crippen molar-refractivity contribution < 1.29 is 21.6 Å². The lowest BCUT2D eigenvalue weighted by Crippen LogP contribution is -2.43. The first-order valence-electron chi connectivity index (χ1n) is 11.1. The van der Waals surface area contributed by atoms with Gasteiger partial charge in [-0.3, -0.25) is 0 Å². The highest BCUT2D eigenvalue weighted by molar-refractivity contribution is 7.89. The summed E-state index contributed by atoms with van der Waals surface area (Å²) < 4.78 is 68.3. The van der Waals surface area contributed by atoms with E-state index in [2.05, 4.69) is 25.3 Å². The van der Waals surface area contributed by atoms with Crippen LogP contribution in [0.2, 0.25) is 0 Å². The highest BCUT2D eigenvalue weighted by atomic mass is 32.2. The van der Waals surface area contributed by atoms with E-state index in [4.69, 9.17) is 5.26 Å². The molecule has 3 aromatic rings. The van der Waals surface area contributed by atoms with Crippen molar-refractivity contribution in [2.45, 2.75) is 38.9 Å². The van der Waals surface area contributed by atoms with Gasteiger partial charge in [0.1, 0.15) is 35.0 Å². The van der Waals surface area contributed by atoms with Crippen molar-refractivity contribution in [2.75, 3.05) is 24.2 Å². The van der Waals surface area contributed by atoms with Crippen LogP contribution in [0.4, 0.5) is 19.1 Å². The highest BCUT2D eigenvalue weighted by Crippen LogP contribution is 2.36. The van der Waals surface area contributed by atoms with E-state index in [1.807, 2.05) is 6.07 Å². The second kappa shape index (κ2) is 9.82. The maximum atomic E-state index is 13.8. The highest BCUT2D eigenvalue weighted by Gasteiger charge is 2.36. The van der Waals surface area contributed by atoms with E-state index < -0.39 is 21.8 Å². The van der Waals surface area contributed by atoms with Crippen LogP contribution in [0.25, 0.3) is 17.1 Å². The first-order chi connectivity index (χ1) is 17.0. The number of nitriles is 1. The molecular formula is C22H23F3N8O2S. The second-order valence-corrected chi connectivity index (χ2v) is 10.5. The van der Waals surface area contributed by atoms with E-state index in [0.717, 1.165) is 6.20 Å². The van der Waals surface area contributed by atoms with Gasteiger partial charge in [0.2, 0.25) is 16.0 Å². The van der Waals surface area contributed by atoms with Gasteiger partial charge in [-0.05, 0) is 38.8 Å². The molecule has 0 saturated carbocycles. The number of pyridine rings is 1. The molecule has 1 saturated heterocycles. The van der Waals surface area contributed by atoms with Crippen molar-refractivity contribution in [3.05, 3.63) is 47.8 Å². The number of aryl methyl sites for hydroxylation is 1. The molecule has 0 aromatic carbocycles. The number of nitrogens with one attached hydrogen (secondary N) is 1. The molecule has 190 valence electrons. The van der Waals surface area contributed by atoms with Gasteiger partial charge in [-0.1, -0.05) is 0 Å². The largest absolute Gasteiger partial charge is 0.420 e. The number of hydrogen-bond acceptors (Lipinski definition) is 8. The van der Waals surface area contributed by atoms with Gasteiger partial charge in [0.05, 0.1) is 17.1 Å². The van der Waals surface area contributed by atoms with Gasteiger partial charge in [-0.15, -0.1) is 0 Å². The Balaban J connectivity index is 1.60. The van der Waals surface area contributed by atoms with Gasteiger partial charge in [0.15, 0.2) is 0 Å². The maximum Gasteiger partial charge on any atom is 0.420 e. The number of piperidine rings is 1. The molecule has 0 radical (unpaired) electrons. The molecule has 3 aromatic heterocycles. The first kappa shape index (κ1) is 25.5. The van der Waals surface area contributed by atoms with Crippen molar-refractivity contribution in [1.82, 2.24) is 28.8 Å². The van der Waals surface area contributed by atoms with Crippen LogP contribution in [-0.2, 0) is 16.2 Å². The average molecular weight is 521 g/mol. The van der Waals surface area contributed by atoms with E-state index in [1.165, 1.54) is 27.5 Å². The van der Waals surface area contributed by atoms with E-state index >= 15 is 0 Å². The van der Waals surface area contributed by atoms with Crippen molar-refractivity contribution in [3.63, 3.8) is 0 Å². The monoisotopic (exact) mass is 520 g/mol. The predicted molar refractivity (Wildman–Crippen MR) is 125 cm³/mol. The van der Waals surface area contributed by atoms with Crippen LogP contribution in [0, 0.1) is 18.3 Å². The molecule has 1 N–H and O–H groups in total. The number of sulfonamides is 1. The van der Waals surface area contributed by atoms with Crippen LogP contribution in [0.3, 0.4) is 0 Å². The average Bonchev–Trinajstić information content (AvgIpc) is 3.33. The summed E-state index contributed by atoms with van der Waals surface area (Å²) >= 11 is 0. The molecule has 36 heavy (non-hydrogen) atoms. The normalized spacial score (nSPS) is 15.6. The molecule has 10 nitrogen and oxygen atoms in total. The number of anilines is 1. The molecule has 0 spiro atoms. The van der Waals surface area contributed by atoms with E-state index in [0.29, 0.717) is 37.3 Å². The van der Waals surface area contributed by atoms with Crippen molar-refractivity contribution in [3.8, 4) is 23.1 Å². The van der Waals surface area contributed by atoms with E-state index in [1.54, 1.807) is 19.9 Å². The van der Waals surface area contributed by atoms with Crippen molar-refractivity contribution >= 4 is 16.0 Å². The number of hydrogen-bond donors (Lipinski definition) is 1.